The van der Waals surface area contributed by atoms with Crippen LogP contribution in [-0.4, -0.2) is 60.0 Å². The van der Waals surface area contributed by atoms with E-state index in [-0.39, 0.29) is 18.1 Å². The summed E-state index contributed by atoms with van der Waals surface area (Å²) in [6.45, 7) is 6.54. The van der Waals surface area contributed by atoms with E-state index in [4.69, 9.17) is 4.74 Å². The molecule has 2 aromatic carbocycles. The Morgan fingerprint density at radius 1 is 1.00 bits per heavy atom. The summed E-state index contributed by atoms with van der Waals surface area (Å²) >= 11 is 0. The van der Waals surface area contributed by atoms with Gasteiger partial charge in [-0.2, -0.15) is 0 Å². The summed E-state index contributed by atoms with van der Waals surface area (Å²) in [5.41, 5.74) is 3.95. The van der Waals surface area contributed by atoms with Crippen LogP contribution in [0.25, 0.3) is 0 Å². The van der Waals surface area contributed by atoms with E-state index in [9.17, 15) is 13.8 Å². The molecule has 1 fully saturated rings. The number of esters is 1. The van der Waals surface area contributed by atoms with Gasteiger partial charge in [-0.25, -0.2) is 4.79 Å². The Morgan fingerprint density at radius 3 is 2.38 bits per heavy atom. The van der Waals surface area contributed by atoms with Crippen LogP contribution in [-0.2, 0) is 20.3 Å². The highest BCUT2D eigenvalue weighted by Gasteiger charge is 2.24. The molecule has 154 valence electrons. The minimum atomic E-state index is -1.31. The second kappa shape index (κ2) is 9.22. The maximum absolute atomic E-state index is 12.5. The number of anilines is 1. The second-order valence-corrected chi connectivity index (χ2v) is 8.46. The average molecular weight is 415 g/mol. The van der Waals surface area contributed by atoms with Crippen LogP contribution < -0.4 is 4.90 Å². The Labute approximate surface area is 173 Å². The van der Waals surface area contributed by atoms with Crippen molar-refractivity contribution in [2.45, 2.75) is 18.7 Å². The fourth-order valence-electron chi connectivity index (χ4n) is 3.46. The summed E-state index contributed by atoms with van der Waals surface area (Å²) in [5, 5.41) is 0. The Kier molecular flexibility index (Phi) is 6.69. The molecule has 2 aromatic rings. The first-order valence-corrected chi connectivity index (χ1v) is 11.1. The Hall–Kier alpha value is -2.67. The molecule has 0 aromatic heterocycles. The van der Waals surface area contributed by atoms with Crippen molar-refractivity contribution in [1.82, 2.24) is 4.90 Å². The first kappa shape index (κ1) is 21.0. The van der Waals surface area contributed by atoms with Crippen molar-refractivity contribution in [2.75, 3.05) is 43.9 Å². The van der Waals surface area contributed by atoms with Crippen LogP contribution in [0.3, 0.4) is 0 Å². The summed E-state index contributed by atoms with van der Waals surface area (Å²) in [6, 6.07) is 12.8. The molecule has 1 saturated heterocycles. The van der Waals surface area contributed by atoms with Crippen molar-refractivity contribution in [1.29, 1.82) is 0 Å². The third-order valence-electron chi connectivity index (χ3n) is 5.29. The zero-order chi connectivity index (χ0) is 21.0. The number of carbonyl (C=O) groups excluding carboxylic acids is 2. The van der Waals surface area contributed by atoms with Crippen LogP contribution in [0.1, 0.15) is 21.5 Å². The number of amides is 1. The van der Waals surface area contributed by atoms with Gasteiger partial charge in [-0.15, -0.1) is 0 Å². The van der Waals surface area contributed by atoms with E-state index in [0.717, 1.165) is 13.1 Å². The molecule has 1 aliphatic heterocycles. The fraction of sp³-hybridized carbons (Fsp3) is 0.364. The summed E-state index contributed by atoms with van der Waals surface area (Å²) in [6.07, 6.45) is 1.51. The standard InChI is InChI=1S/C22H26N2O4S/c1-16-7-6-9-19(17(16)2)23-11-13-24(14-12-23)21(25)15-28-22(26)18-8-4-5-10-20(18)29(3)27/h4-10H,11-15H2,1-3H3/t29-/m1/s1. The Bertz CT molecular complexity index is 936. The molecule has 1 aliphatic rings. The van der Waals surface area contributed by atoms with Gasteiger partial charge in [-0.1, -0.05) is 24.3 Å². The normalized spacial score (nSPS) is 15.1. The maximum Gasteiger partial charge on any atom is 0.339 e. The van der Waals surface area contributed by atoms with Gasteiger partial charge in [0.2, 0.25) is 0 Å². The van der Waals surface area contributed by atoms with Gasteiger partial charge in [-0.05, 0) is 43.2 Å². The molecule has 1 atom stereocenters. The van der Waals surface area contributed by atoms with Crippen LogP contribution in [0.15, 0.2) is 47.4 Å². The molecule has 6 nitrogen and oxygen atoms in total. The molecule has 0 saturated carbocycles. The van der Waals surface area contributed by atoms with E-state index >= 15 is 0 Å². The first-order valence-electron chi connectivity index (χ1n) is 9.57. The molecule has 1 amide bonds. The van der Waals surface area contributed by atoms with Crippen molar-refractivity contribution in [3.63, 3.8) is 0 Å². The van der Waals surface area contributed by atoms with Gasteiger partial charge in [0.25, 0.3) is 5.91 Å². The smallest absolute Gasteiger partial charge is 0.339 e. The van der Waals surface area contributed by atoms with E-state index in [1.165, 1.54) is 23.1 Å². The van der Waals surface area contributed by atoms with Gasteiger partial charge in [0.1, 0.15) is 0 Å². The number of hydrogen-bond donors (Lipinski definition) is 0. The summed E-state index contributed by atoms with van der Waals surface area (Å²) < 4.78 is 17.0. The molecule has 0 N–H and O–H groups in total. The van der Waals surface area contributed by atoms with Crippen molar-refractivity contribution >= 4 is 28.4 Å². The van der Waals surface area contributed by atoms with E-state index < -0.39 is 16.8 Å². The van der Waals surface area contributed by atoms with E-state index in [1.54, 1.807) is 29.2 Å². The number of carbonyl (C=O) groups is 2. The van der Waals surface area contributed by atoms with Crippen molar-refractivity contribution < 1.29 is 18.5 Å². The minimum absolute atomic E-state index is 0.214. The molecule has 3 rings (SSSR count). The lowest BCUT2D eigenvalue weighted by Gasteiger charge is -2.37. The lowest BCUT2D eigenvalue weighted by Crippen LogP contribution is -2.50. The molecule has 1 heterocycles. The molecule has 0 bridgehead atoms. The number of nitrogens with zero attached hydrogens (tertiary/aromatic N) is 2. The number of rotatable bonds is 5. The molecular formula is C22H26N2O4S. The highest BCUT2D eigenvalue weighted by molar-refractivity contribution is 7.84. The molecule has 0 radical (unpaired) electrons. The average Bonchev–Trinajstić information content (AvgIpc) is 2.74. The van der Waals surface area contributed by atoms with Crippen LogP contribution in [0.4, 0.5) is 5.69 Å². The first-order chi connectivity index (χ1) is 13.9. The zero-order valence-corrected chi connectivity index (χ0v) is 17.8. The van der Waals surface area contributed by atoms with Crippen LogP contribution >= 0.6 is 0 Å². The third kappa shape index (κ3) is 4.85. The number of aryl methyl sites for hydroxylation is 1. The topological polar surface area (TPSA) is 66.9 Å². The molecular weight excluding hydrogens is 388 g/mol. The van der Waals surface area contributed by atoms with Crippen LogP contribution in [0.2, 0.25) is 0 Å². The predicted octanol–water partition coefficient (Wildman–Crippen LogP) is 2.55. The van der Waals surface area contributed by atoms with E-state index in [2.05, 4.69) is 36.9 Å². The summed E-state index contributed by atoms with van der Waals surface area (Å²) in [5.74, 6) is -0.841. The quantitative estimate of drug-likeness (QED) is 0.704. The van der Waals surface area contributed by atoms with Crippen molar-refractivity contribution in [3.05, 3.63) is 59.2 Å². The zero-order valence-electron chi connectivity index (χ0n) is 17.0. The fourth-order valence-corrected chi connectivity index (χ4v) is 4.19. The SMILES string of the molecule is Cc1cccc(N2CCN(C(=O)COC(=O)c3ccccc3[S@@](C)=O)CC2)c1C. The third-order valence-corrected chi connectivity index (χ3v) is 6.27. The molecule has 7 heteroatoms. The van der Waals surface area contributed by atoms with Crippen LogP contribution in [0.5, 0.6) is 0 Å². The van der Waals surface area contributed by atoms with Gasteiger partial charge in [0, 0.05) is 38.1 Å². The van der Waals surface area contributed by atoms with Gasteiger partial charge >= 0.3 is 5.97 Å². The number of benzene rings is 2. The highest BCUT2D eigenvalue weighted by atomic mass is 32.2. The number of piperazine rings is 1. The van der Waals surface area contributed by atoms with Gasteiger partial charge in [0.05, 0.1) is 21.3 Å². The van der Waals surface area contributed by atoms with Gasteiger partial charge in [-0.3, -0.25) is 9.00 Å². The maximum atomic E-state index is 12.5. The van der Waals surface area contributed by atoms with Gasteiger partial charge < -0.3 is 14.5 Å². The van der Waals surface area contributed by atoms with Crippen molar-refractivity contribution in [2.24, 2.45) is 0 Å². The van der Waals surface area contributed by atoms with E-state index in [1.807, 2.05) is 0 Å². The highest BCUT2D eigenvalue weighted by Crippen LogP contribution is 2.24. The summed E-state index contributed by atoms with van der Waals surface area (Å²) in [4.78, 5) is 29.2. The monoisotopic (exact) mass is 414 g/mol. The molecule has 0 spiro atoms. The van der Waals surface area contributed by atoms with Crippen molar-refractivity contribution in [3.8, 4) is 0 Å². The second-order valence-electron chi connectivity index (χ2n) is 7.11. The molecule has 0 aliphatic carbocycles. The van der Waals surface area contributed by atoms with Gasteiger partial charge in [0.15, 0.2) is 6.61 Å². The van der Waals surface area contributed by atoms with Crippen LogP contribution in [0, 0.1) is 13.8 Å². The summed E-state index contributed by atoms with van der Waals surface area (Å²) in [7, 11) is -1.31. The molecule has 29 heavy (non-hydrogen) atoms. The lowest BCUT2D eigenvalue weighted by molar-refractivity contribution is -0.134. The number of ether oxygens (including phenoxy) is 1. The predicted molar refractivity (Wildman–Crippen MR) is 114 cm³/mol. The number of hydrogen-bond acceptors (Lipinski definition) is 5. The largest absolute Gasteiger partial charge is 0.452 e. The molecule has 0 unspecified atom stereocenters. The lowest BCUT2D eigenvalue weighted by atomic mass is 10.1. The Morgan fingerprint density at radius 2 is 1.69 bits per heavy atom. The minimum Gasteiger partial charge on any atom is -0.452 e. The van der Waals surface area contributed by atoms with E-state index in [0.29, 0.717) is 18.0 Å². The Balaban J connectivity index is 1.55.